The first-order chi connectivity index (χ1) is 8.50. The van der Waals surface area contributed by atoms with Crippen LogP contribution in [0.25, 0.3) is 0 Å². The van der Waals surface area contributed by atoms with Gasteiger partial charge in [0, 0.05) is 11.6 Å². The smallest absolute Gasteiger partial charge is 0.124 e. The van der Waals surface area contributed by atoms with Gasteiger partial charge in [-0.25, -0.2) is 4.39 Å². The predicted molar refractivity (Wildman–Crippen MR) is 76.7 cm³/mol. The Balaban J connectivity index is 2.71. The lowest BCUT2D eigenvalue weighted by atomic mass is 9.81. The van der Waals surface area contributed by atoms with Crippen molar-refractivity contribution < 1.29 is 4.39 Å². The van der Waals surface area contributed by atoms with E-state index in [-0.39, 0.29) is 11.2 Å². The zero-order valence-corrected chi connectivity index (χ0v) is 12.3. The summed E-state index contributed by atoms with van der Waals surface area (Å²) in [4.78, 5) is 0. The number of rotatable bonds is 7. The van der Waals surface area contributed by atoms with Crippen molar-refractivity contribution in [2.75, 3.05) is 13.1 Å². The molecule has 1 atom stereocenters. The van der Waals surface area contributed by atoms with Gasteiger partial charge in [0.1, 0.15) is 5.82 Å². The van der Waals surface area contributed by atoms with Crippen LogP contribution in [0.4, 0.5) is 4.39 Å². The van der Waals surface area contributed by atoms with Crippen LogP contribution in [-0.2, 0) is 6.42 Å². The number of hydrogen-bond acceptors (Lipinski definition) is 1. The quantitative estimate of drug-likeness (QED) is 0.723. The van der Waals surface area contributed by atoms with E-state index in [9.17, 15) is 4.39 Å². The standard InChI is InChI=1S/C15H23ClFN/c1-4-8-18-11-15(3,5-2)10-12-6-7-13(17)9-14(12)16/h6-7,9,18H,4-5,8,10-11H2,1-3H3. The fourth-order valence-corrected chi connectivity index (χ4v) is 2.24. The molecule has 1 N–H and O–H groups in total. The summed E-state index contributed by atoms with van der Waals surface area (Å²) in [5.74, 6) is -0.272. The number of halogens is 2. The minimum Gasteiger partial charge on any atom is -0.316 e. The van der Waals surface area contributed by atoms with Gasteiger partial charge in [-0.05, 0) is 48.9 Å². The first-order valence-electron chi connectivity index (χ1n) is 6.65. The Morgan fingerprint density at radius 2 is 2.06 bits per heavy atom. The maximum Gasteiger partial charge on any atom is 0.124 e. The fourth-order valence-electron chi connectivity index (χ4n) is 2.00. The molecule has 1 aromatic carbocycles. The molecule has 0 amide bonds. The molecular formula is C15H23ClFN. The molecule has 0 heterocycles. The molecular weight excluding hydrogens is 249 g/mol. The molecule has 0 saturated heterocycles. The van der Waals surface area contributed by atoms with Crippen LogP contribution in [0.5, 0.6) is 0 Å². The van der Waals surface area contributed by atoms with E-state index in [1.807, 2.05) is 0 Å². The molecule has 0 bridgehead atoms. The summed E-state index contributed by atoms with van der Waals surface area (Å²) < 4.78 is 13.0. The van der Waals surface area contributed by atoms with E-state index in [1.165, 1.54) is 12.1 Å². The number of benzene rings is 1. The van der Waals surface area contributed by atoms with E-state index in [2.05, 4.69) is 26.1 Å². The zero-order valence-electron chi connectivity index (χ0n) is 11.5. The lowest BCUT2D eigenvalue weighted by molar-refractivity contribution is 0.291. The Morgan fingerprint density at radius 1 is 1.33 bits per heavy atom. The molecule has 1 unspecified atom stereocenters. The average Bonchev–Trinajstić information content (AvgIpc) is 2.33. The van der Waals surface area contributed by atoms with E-state index >= 15 is 0 Å². The second-order valence-electron chi connectivity index (χ2n) is 5.25. The Morgan fingerprint density at radius 3 is 2.61 bits per heavy atom. The van der Waals surface area contributed by atoms with Gasteiger partial charge in [0.25, 0.3) is 0 Å². The van der Waals surface area contributed by atoms with Crippen molar-refractivity contribution >= 4 is 11.6 Å². The fraction of sp³-hybridized carbons (Fsp3) is 0.600. The highest BCUT2D eigenvalue weighted by molar-refractivity contribution is 6.31. The van der Waals surface area contributed by atoms with Gasteiger partial charge in [-0.15, -0.1) is 0 Å². The molecule has 0 aromatic heterocycles. The highest BCUT2D eigenvalue weighted by atomic mass is 35.5. The first kappa shape index (κ1) is 15.5. The topological polar surface area (TPSA) is 12.0 Å². The van der Waals surface area contributed by atoms with Crippen LogP contribution in [0, 0.1) is 11.2 Å². The number of hydrogen-bond donors (Lipinski definition) is 1. The third-order valence-electron chi connectivity index (χ3n) is 3.46. The summed E-state index contributed by atoms with van der Waals surface area (Å²) in [5.41, 5.74) is 1.19. The van der Waals surface area contributed by atoms with Crippen LogP contribution in [0.2, 0.25) is 5.02 Å². The second-order valence-corrected chi connectivity index (χ2v) is 5.66. The van der Waals surface area contributed by atoms with Gasteiger partial charge in [-0.3, -0.25) is 0 Å². The second kappa shape index (κ2) is 7.10. The summed E-state index contributed by atoms with van der Waals surface area (Å²) in [6.07, 6.45) is 3.08. The molecule has 18 heavy (non-hydrogen) atoms. The van der Waals surface area contributed by atoms with Gasteiger partial charge >= 0.3 is 0 Å². The maximum atomic E-state index is 13.0. The third kappa shape index (κ3) is 4.58. The lowest BCUT2D eigenvalue weighted by Gasteiger charge is -2.29. The largest absolute Gasteiger partial charge is 0.316 e. The Hall–Kier alpha value is -0.600. The summed E-state index contributed by atoms with van der Waals surface area (Å²) >= 11 is 6.09. The van der Waals surface area contributed by atoms with Crippen LogP contribution < -0.4 is 5.32 Å². The van der Waals surface area contributed by atoms with Gasteiger partial charge < -0.3 is 5.32 Å². The molecule has 0 fully saturated rings. The van der Waals surface area contributed by atoms with Gasteiger partial charge in [-0.2, -0.15) is 0 Å². The highest BCUT2D eigenvalue weighted by Crippen LogP contribution is 2.29. The minimum atomic E-state index is -0.272. The van der Waals surface area contributed by atoms with Crippen LogP contribution in [-0.4, -0.2) is 13.1 Å². The highest BCUT2D eigenvalue weighted by Gasteiger charge is 2.23. The summed E-state index contributed by atoms with van der Waals surface area (Å²) in [6, 6.07) is 4.68. The van der Waals surface area contributed by atoms with Gasteiger partial charge in [0.2, 0.25) is 0 Å². The van der Waals surface area contributed by atoms with Crippen LogP contribution >= 0.6 is 11.6 Å². The summed E-state index contributed by atoms with van der Waals surface area (Å²) in [6.45, 7) is 8.59. The van der Waals surface area contributed by atoms with Crippen LogP contribution in [0.1, 0.15) is 39.2 Å². The SMILES string of the molecule is CCCNCC(C)(CC)Cc1ccc(F)cc1Cl. The van der Waals surface area contributed by atoms with Gasteiger partial charge in [0.05, 0.1) is 0 Å². The molecule has 0 saturated carbocycles. The lowest BCUT2D eigenvalue weighted by Crippen LogP contribution is -2.33. The number of nitrogens with one attached hydrogen (secondary N) is 1. The van der Waals surface area contributed by atoms with Crippen molar-refractivity contribution in [1.82, 2.24) is 5.32 Å². The molecule has 0 radical (unpaired) electrons. The van der Waals surface area contributed by atoms with E-state index in [4.69, 9.17) is 11.6 Å². The zero-order chi connectivity index (χ0) is 13.6. The van der Waals surface area contributed by atoms with E-state index < -0.39 is 0 Å². The summed E-state index contributed by atoms with van der Waals surface area (Å²) in [7, 11) is 0. The van der Waals surface area contributed by atoms with Crippen molar-refractivity contribution in [2.24, 2.45) is 5.41 Å². The van der Waals surface area contributed by atoms with Crippen molar-refractivity contribution in [3.63, 3.8) is 0 Å². The van der Waals surface area contributed by atoms with Crippen LogP contribution in [0.15, 0.2) is 18.2 Å². The van der Waals surface area contributed by atoms with E-state index in [0.717, 1.165) is 37.9 Å². The molecule has 0 aliphatic rings. The molecule has 1 aromatic rings. The average molecular weight is 272 g/mol. The van der Waals surface area contributed by atoms with E-state index in [1.54, 1.807) is 6.07 Å². The molecule has 1 nitrogen and oxygen atoms in total. The first-order valence-corrected chi connectivity index (χ1v) is 7.03. The normalized spacial score (nSPS) is 14.5. The third-order valence-corrected chi connectivity index (χ3v) is 3.82. The maximum absolute atomic E-state index is 13.0. The molecule has 3 heteroatoms. The Kier molecular flexibility index (Phi) is 6.10. The van der Waals surface area contributed by atoms with Crippen molar-refractivity contribution in [2.45, 2.75) is 40.0 Å². The van der Waals surface area contributed by atoms with Gasteiger partial charge in [0.15, 0.2) is 0 Å². The Labute approximate surface area is 115 Å². The molecule has 1 rings (SSSR count). The van der Waals surface area contributed by atoms with Gasteiger partial charge in [-0.1, -0.05) is 38.4 Å². The minimum absolute atomic E-state index is 0.163. The van der Waals surface area contributed by atoms with Crippen molar-refractivity contribution in [1.29, 1.82) is 0 Å². The molecule has 0 aliphatic heterocycles. The Bertz CT molecular complexity index is 381. The predicted octanol–water partition coefficient (Wildman–Crippen LogP) is 4.44. The molecule has 0 spiro atoms. The summed E-state index contributed by atoms with van der Waals surface area (Å²) in [5, 5.41) is 3.99. The van der Waals surface area contributed by atoms with Crippen LogP contribution in [0.3, 0.4) is 0 Å². The van der Waals surface area contributed by atoms with E-state index in [0.29, 0.717) is 5.02 Å². The van der Waals surface area contributed by atoms with Crippen molar-refractivity contribution in [3.8, 4) is 0 Å². The molecule has 102 valence electrons. The van der Waals surface area contributed by atoms with Crippen molar-refractivity contribution in [3.05, 3.63) is 34.6 Å². The monoisotopic (exact) mass is 271 g/mol. The molecule has 0 aliphatic carbocycles.